The Morgan fingerprint density at radius 3 is 2.69 bits per heavy atom. The first-order chi connectivity index (χ1) is 13.9. The number of rotatable bonds is 10. The SMILES string of the molecule is CCNC(=NCC1(CCOC)CCCC1)NC(C)c1nc(C)c(C(=O)OCC)s1. The van der Waals surface area contributed by atoms with Crippen LogP contribution in [0.2, 0.25) is 0 Å². The van der Waals surface area contributed by atoms with Crippen molar-refractivity contribution in [3.8, 4) is 0 Å². The molecule has 7 nitrogen and oxygen atoms in total. The predicted octanol–water partition coefficient (Wildman–Crippen LogP) is 3.84. The van der Waals surface area contributed by atoms with E-state index in [1.165, 1.54) is 37.0 Å². The molecule has 1 atom stereocenters. The highest BCUT2D eigenvalue weighted by Gasteiger charge is 2.33. The van der Waals surface area contributed by atoms with Crippen molar-refractivity contribution < 1.29 is 14.3 Å². The number of esters is 1. The molecule has 1 aliphatic rings. The number of guanidine groups is 1. The van der Waals surface area contributed by atoms with Crippen molar-refractivity contribution in [2.45, 2.75) is 65.8 Å². The van der Waals surface area contributed by atoms with Gasteiger partial charge in [0, 0.05) is 26.8 Å². The van der Waals surface area contributed by atoms with E-state index in [1.807, 2.05) is 20.8 Å². The molecular formula is C21H36N4O3S. The molecule has 2 N–H and O–H groups in total. The maximum atomic E-state index is 12.1. The lowest BCUT2D eigenvalue weighted by Gasteiger charge is -2.27. The number of aryl methyl sites for hydroxylation is 1. The Hall–Kier alpha value is -1.67. The number of ether oxygens (including phenoxy) is 2. The van der Waals surface area contributed by atoms with Crippen LogP contribution in [-0.4, -0.2) is 50.3 Å². The number of carbonyl (C=O) groups excluding carboxylic acids is 1. The fraction of sp³-hybridized carbons (Fsp3) is 0.762. The minimum absolute atomic E-state index is 0.0572. The second kappa shape index (κ2) is 11.5. The summed E-state index contributed by atoms with van der Waals surface area (Å²) < 4.78 is 10.5. The Bertz CT molecular complexity index is 683. The topological polar surface area (TPSA) is 84.8 Å². The Labute approximate surface area is 178 Å². The van der Waals surface area contributed by atoms with Gasteiger partial charge < -0.3 is 20.1 Å². The lowest BCUT2D eigenvalue weighted by atomic mass is 9.83. The van der Waals surface area contributed by atoms with Crippen molar-refractivity contribution >= 4 is 23.3 Å². The van der Waals surface area contributed by atoms with E-state index >= 15 is 0 Å². The number of methoxy groups -OCH3 is 1. The van der Waals surface area contributed by atoms with Gasteiger partial charge in [0.15, 0.2) is 5.96 Å². The highest BCUT2D eigenvalue weighted by molar-refractivity contribution is 7.13. The number of hydrogen-bond donors (Lipinski definition) is 2. The Kier molecular flexibility index (Phi) is 9.36. The van der Waals surface area contributed by atoms with Crippen LogP contribution in [0.15, 0.2) is 4.99 Å². The van der Waals surface area contributed by atoms with Crippen molar-refractivity contribution in [2.75, 3.05) is 33.4 Å². The molecule has 1 unspecified atom stereocenters. The number of aliphatic imine (C=N–C) groups is 1. The summed E-state index contributed by atoms with van der Waals surface area (Å²) in [6, 6.07) is -0.0572. The second-order valence-corrected chi connectivity index (χ2v) is 8.73. The maximum absolute atomic E-state index is 12.1. The van der Waals surface area contributed by atoms with Gasteiger partial charge in [0.25, 0.3) is 0 Å². The lowest BCUT2D eigenvalue weighted by molar-refractivity contribution is 0.0531. The van der Waals surface area contributed by atoms with Crippen LogP contribution in [0, 0.1) is 12.3 Å². The van der Waals surface area contributed by atoms with E-state index in [2.05, 4.69) is 22.5 Å². The number of nitrogens with zero attached hydrogens (tertiary/aromatic N) is 2. The van der Waals surface area contributed by atoms with Gasteiger partial charge in [-0.2, -0.15) is 0 Å². The van der Waals surface area contributed by atoms with Gasteiger partial charge in [-0.25, -0.2) is 9.78 Å². The van der Waals surface area contributed by atoms with Gasteiger partial charge in [-0.05, 0) is 52.4 Å². The zero-order chi connectivity index (χ0) is 21.3. The van der Waals surface area contributed by atoms with Crippen LogP contribution < -0.4 is 10.6 Å². The van der Waals surface area contributed by atoms with E-state index < -0.39 is 0 Å². The molecule has 0 bridgehead atoms. The zero-order valence-corrected chi connectivity index (χ0v) is 19.3. The summed E-state index contributed by atoms with van der Waals surface area (Å²) >= 11 is 1.38. The monoisotopic (exact) mass is 424 g/mol. The largest absolute Gasteiger partial charge is 0.462 e. The van der Waals surface area contributed by atoms with E-state index in [0.717, 1.165) is 37.1 Å². The first kappa shape index (κ1) is 23.6. The van der Waals surface area contributed by atoms with Crippen LogP contribution in [0.3, 0.4) is 0 Å². The molecule has 0 spiro atoms. The molecule has 1 fully saturated rings. The van der Waals surface area contributed by atoms with E-state index in [1.54, 1.807) is 7.11 Å². The van der Waals surface area contributed by atoms with Gasteiger partial charge >= 0.3 is 5.97 Å². The average Bonchev–Trinajstić information content (AvgIpc) is 3.32. The summed E-state index contributed by atoms with van der Waals surface area (Å²) in [7, 11) is 1.76. The lowest BCUT2D eigenvalue weighted by Crippen LogP contribution is -2.39. The van der Waals surface area contributed by atoms with Crippen LogP contribution in [0.25, 0.3) is 0 Å². The van der Waals surface area contributed by atoms with Crippen molar-refractivity contribution in [1.82, 2.24) is 15.6 Å². The third kappa shape index (κ3) is 6.67. The smallest absolute Gasteiger partial charge is 0.350 e. The Morgan fingerprint density at radius 1 is 1.34 bits per heavy atom. The summed E-state index contributed by atoms with van der Waals surface area (Å²) in [6.45, 7) is 10.5. The van der Waals surface area contributed by atoms with Crippen LogP contribution in [0.5, 0.6) is 0 Å². The van der Waals surface area contributed by atoms with Gasteiger partial charge in [0.05, 0.1) is 18.3 Å². The molecule has 0 saturated heterocycles. The van der Waals surface area contributed by atoms with Crippen LogP contribution in [-0.2, 0) is 9.47 Å². The Balaban J connectivity index is 2.08. The predicted molar refractivity (Wildman–Crippen MR) is 118 cm³/mol. The molecule has 0 radical (unpaired) electrons. The minimum Gasteiger partial charge on any atom is -0.462 e. The third-order valence-electron chi connectivity index (χ3n) is 5.42. The molecule has 0 aliphatic heterocycles. The zero-order valence-electron chi connectivity index (χ0n) is 18.5. The summed E-state index contributed by atoms with van der Waals surface area (Å²) in [5.41, 5.74) is 0.958. The average molecular weight is 425 g/mol. The first-order valence-corrected chi connectivity index (χ1v) is 11.4. The second-order valence-electron chi connectivity index (χ2n) is 7.70. The van der Waals surface area contributed by atoms with Gasteiger partial charge in [0.1, 0.15) is 9.88 Å². The van der Waals surface area contributed by atoms with Gasteiger partial charge in [-0.15, -0.1) is 11.3 Å². The van der Waals surface area contributed by atoms with Crippen molar-refractivity contribution in [2.24, 2.45) is 10.4 Å². The third-order valence-corrected chi connectivity index (χ3v) is 6.74. The van der Waals surface area contributed by atoms with Gasteiger partial charge in [-0.3, -0.25) is 4.99 Å². The molecular weight excluding hydrogens is 388 g/mol. The summed E-state index contributed by atoms with van der Waals surface area (Å²) in [5.74, 6) is 0.483. The first-order valence-electron chi connectivity index (χ1n) is 10.6. The van der Waals surface area contributed by atoms with E-state index in [4.69, 9.17) is 14.5 Å². The highest BCUT2D eigenvalue weighted by Crippen LogP contribution is 2.41. The number of thiazole rings is 1. The van der Waals surface area contributed by atoms with Crippen molar-refractivity contribution in [3.63, 3.8) is 0 Å². The minimum atomic E-state index is -0.303. The molecule has 2 rings (SSSR count). The van der Waals surface area contributed by atoms with E-state index in [0.29, 0.717) is 17.2 Å². The molecule has 1 saturated carbocycles. The molecule has 1 aromatic rings. The summed E-state index contributed by atoms with van der Waals surface area (Å²) in [6.07, 6.45) is 6.02. The van der Waals surface area contributed by atoms with Crippen molar-refractivity contribution in [1.29, 1.82) is 0 Å². The maximum Gasteiger partial charge on any atom is 0.350 e. The van der Waals surface area contributed by atoms with Crippen molar-refractivity contribution in [3.05, 3.63) is 15.6 Å². The standard InChI is InChI=1S/C21H36N4O3S/c1-6-22-20(23-14-21(12-13-27-5)10-8-9-11-21)25-16(4)18-24-15(3)17(29-18)19(26)28-7-2/h16H,6-14H2,1-5H3,(H2,22,23,25). The Morgan fingerprint density at radius 2 is 2.07 bits per heavy atom. The highest BCUT2D eigenvalue weighted by atomic mass is 32.1. The molecule has 1 aromatic heterocycles. The van der Waals surface area contributed by atoms with Gasteiger partial charge in [0.2, 0.25) is 0 Å². The molecule has 8 heteroatoms. The van der Waals surface area contributed by atoms with Crippen LogP contribution in [0.4, 0.5) is 0 Å². The van der Waals surface area contributed by atoms with Gasteiger partial charge in [-0.1, -0.05) is 12.8 Å². The number of aromatic nitrogens is 1. The van der Waals surface area contributed by atoms with E-state index in [-0.39, 0.29) is 17.4 Å². The fourth-order valence-electron chi connectivity index (χ4n) is 3.75. The normalized spacial score (nSPS) is 17.2. The molecule has 0 aromatic carbocycles. The molecule has 29 heavy (non-hydrogen) atoms. The molecule has 0 amide bonds. The molecule has 1 heterocycles. The fourth-order valence-corrected chi connectivity index (χ4v) is 4.72. The number of carbonyl (C=O) groups is 1. The van der Waals surface area contributed by atoms with E-state index in [9.17, 15) is 4.79 Å². The molecule has 1 aliphatic carbocycles. The summed E-state index contributed by atoms with van der Waals surface area (Å²) in [5, 5.41) is 7.64. The molecule has 164 valence electrons. The quantitative estimate of drug-likeness (QED) is 0.337. The summed E-state index contributed by atoms with van der Waals surface area (Å²) in [4.78, 5) is 22.1. The number of nitrogens with one attached hydrogen (secondary N) is 2. The van der Waals surface area contributed by atoms with Crippen LogP contribution >= 0.6 is 11.3 Å². The number of hydrogen-bond acceptors (Lipinski definition) is 6. The van der Waals surface area contributed by atoms with Crippen LogP contribution in [0.1, 0.15) is 79.3 Å².